The van der Waals surface area contributed by atoms with Gasteiger partial charge in [0.2, 0.25) is 0 Å². The molecular formula is C6H14Mg. The van der Waals surface area contributed by atoms with E-state index in [9.17, 15) is 0 Å². The van der Waals surface area contributed by atoms with Gasteiger partial charge in [-0.1, -0.05) is 13.3 Å². The van der Waals surface area contributed by atoms with E-state index in [-0.39, 0.29) is 23.1 Å². The average Bonchev–Trinajstić information content (AvgIpc) is 1.72. The topological polar surface area (TPSA) is 0 Å². The van der Waals surface area contributed by atoms with Crippen LogP contribution in [0.5, 0.6) is 0 Å². The summed E-state index contributed by atoms with van der Waals surface area (Å²) in [6.07, 6.45) is 2.28. The molecule has 0 bridgehead atoms. The summed E-state index contributed by atoms with van der Waals surface area (Å²) in [6, 6.07) is 0. The Balaban J connectivity index is -0.0000000480. The first-order valence-electron chi connectivity index (χ1n) is 2.41. The van der Waals surface area contributed by atoms with Crippen molar-refractivity contribution in [3.8, 4) is 0 Å². The fraction of sp³-hybridized carbons (Fsp3) is 0.667. The van der Waals surface area contributed by atoms with Crippen molar-refractivity contribution in [1.82, 2.24) is 0 Å². The van der Waals surface area contributed by atoms with Crippen molar-refractivity contribution in [3.63, 3.8) is 0 Å². The van der Waals surface area contributed by atoms with E-state index >= 15 is 0 Å². The van der Waals surface area contributed by atoms with Crippen molar-refractivity contribution in [2.24, 2.45) is 0 Å². The molecule has 0 radical (unpaired) electrons. The fourth-order valence-electron chi connectivity index (χ4n) is 0. The molecular weight excluding hydrogens is 96.4 g/mol. The molecule has 0 aromatic rings. The third-order valence-corrected chi connectivity index (χ3v) is 0.354. The first-order valence-corrected chi connectivity index (χ1v) is 2.41. The second-order valence-corrected chi connectivity index (χ2v) is 0.854. The smallest absolute Gasteiger partial charge is 0.346 e. The zero-order valence-electron chi connectivity index (χ0n) is 5.54. The quantitative estimate of drug-likeness (QED) is 0.358. The summed E-state index contributed by atoms with van der Waals surface area (Å²) in [6.45, 7) is 10.7. The molecule has 1 heteroatoms. The Morgan fingerprint density at radius 2 is 1.43 bits per heavy atom. The molecule has 0 aromatic heterocycles. The molecule has 7 heavy (non-hydrogen) atoms. The summed E-state index contributed by atoms with van der Waals surface area (Å²) in [5, 5.41) is 0. The van der Waals surface area contributed by atoms with E-state index in [0.717, 1.165) is 6.42 Å². The van der Waals surface area contributed by atoms with Crippen molar-refractivity contribution in [3.05, 3.63) is 13.8 Å². The van der Waals surface area contributed by atoms with Gasteiger partial charge in [-0.2, -0.15) is 13.3 Å². The van der Waals surface area contributed by atoms with E-state index in [0.29, 0.717) is 0 Å². The molecule has 0 aliphatic rings. The van der Waals surface area contributed by atoms with Crippen molar-refractivity contribution >= 4 is 23.1 Å². The second kappa shape index (κ2) is 29.4. The van der Waals surface area contributed by atoms with Crippen LogP contribution in [0.3, 0.4) is 0 Å². The van der Waals surface area contributed by atoms with Crippen molar-refractivity contribution < 1.29 is 0 Å². The van der Waals surface area contributed by atoms with Gasteiger partial charge in [0.25, 0.3) is 0 Å². The van der Waals surface area contributed by atoms with Gasteiger partial charge in [-0.25, -0.2) is 0 Å². The fourth-order valence-corrected chi connectivity index (χ4v) is 0. The first kappa shape index (κ1) is 15.7. The number of hydrogen-bond donors (Lipinski definition) is 0. The summed E-state index contributed by atoms with van der Waals surface area (Å²) >= 11 is 0. The first-order chi connectivity index (χ1) is 2.91. The number of unbranched alkanes of at least 4 members (excludes halogenated alkanes) is 1. The zero-order valence-corrected chi connectivity index (χ0v) is 6.95. The molecule has 0 atom stereocenters. The largest absolute Gasteiger partial charge is 2.00 e. The molecule has 40 valence electrons. The SMILES string of the molecule is [CH2-]C.[CH2-]CCC.[Mg+2]. The van der Waals surface area contributed by atoms with Crippen LogP contribution in [0.4, 0.5) is 0 Å². The molecule has 0 N–H and O–H groups in total. The molecule has 0 amide bonds. The van der Waals surface area contributed by atoms with Crippen LogP contribution in [0.15, 0.2) is 0 Å². The number of hydrogen-bond acceptors (Lipinski definition) is 0. The molecule has 0 saturated heterocycles. The van der Waals surface area contributed by atoms with Gasteiger partial charge in [0.15, 0.2) is 0 Å². The minimum absolute atomic E-state index is 0. The van der Waals surface area contributed by atoms with Gasteiger partial charge in [-0.15, -0.1) is 0 Å². The van der Waals surface area contributed by atoms with Gasteiger partial charge >= 0.3 is 23.1 Å². The summed E-state index contributed by atoms with van der Waals surface area (Å²) in [4.78, 5) is 0. The predicted molar refractivity (Wildman–Crippen MR) is 37.0 cm³/mol. The maximum absolute atomic E-state index is 3.60. The van der Waals surface area contributed by atoms with Gasteiger partial charge in [-0.3, -0.25) is 0 Å². The Labute approximate surface area is 63.8 Å². The molecule has 0 saturated carbocycles. The van der Waals surface area contributed by atoms with Gasteiger partial charge < -0.3 is 13.8 Å². The molecule has 0 nitrogen and oxygen atoms in total. The third-order valence-electron chi connectivity index (χ3n) is 0.354. The van der Waals surface area contributed by atoms with Crippen molar-refractivity contribution in [1.29, 1.82) is 0 Å². The van der Waals surface area contributed by atoms with Gasteiger partial charge in [-0.05, 0) is 0 Å². The van der Waals surface area contributed by atoms with Gasteiger partial charge in [0, 0.05) is 0 Å². The van der Waals surface area contributed by atoms with E-state index in [1.165, 1.54) is 6.42 Å². The Bertz CT molecular complexity index is 6.14. The minimum atomic E-state index is 0. The summed E-state index contributed by atoms with van der Waals surface area (Å²) in [7, 11) is 0. The Morgan fingerprint density at radius 1 is 1.29 bits per heavy atom. The van der Waals surface area contributed by atoms with Crippen LogP contribution in [0.1, 0.15) is 26.7 Å². The van der Waals surface area contributed by atoms with Crippen molar-refractivity contribution in [2.75, 3.05) is 0 Å². The molecule has 0 fully saturated rings. The second-order valence-electron chi connectivity index (χ2n) is 0.854. The molecule has 0 unspecified atom stereocenters. The van der Waals surface area contributed by atoms with E-state index in [2.05, 4.69) is 20.8 Å². The number of rotatable bonds is 1. The molecule has 0 heterocycles. The van der Waals surface area contributed by atoms with Crippen LogP contribution < -0.4 is 0 Å². The third kappa shape index (κ3) is 49.3. The zero-order chi connectivity index (χ0) is 5.41. The van der Waals surface area contributed by atoms with E-state index in [1.807, 2.05) is 0 Å². The average molecular weight is 110 g/mol. The summed E-state index contributed by atoms with van der Waals surface area (Å²) < 4.78 is 0. The monoisotopic (exact) mass is 110 g/mol. The van der Waals surface area contributed by atoms with Crippen LogP contribution in [-0.2, 0) is 0 Å². The van der Waals surface area contributed by atoms with Crippen molar-refractivity contribution in [2.45, 2.75) is 26.7 Å². The van der Waals surface area contributed by atoms with Crippen LogP contribution in [0.25, 0.3) is 0 Å². The van der Waals surface area contributed by atoms with Gasteiger partial charge in [0.1, 0.15) is 0 Å². The van der Waals surface area contributed by atoms with E-state index in [4.69, 9.17) is 0 Å². The molecule has 0 rings (SSSR count). The standard InChI is InChI=1S/C4H9.C2H5.Mg/c1-3-4-2;1-2;/h1,3-4H2,2H3;1H2,2H3;/q2*-1;+2. The molecule has 0 aromatic carbocycles. The minimum Gasteiger partial charge on any atom is -0.346 e. The van der Waals surface area contributed by atoms with E-state index < -0.39 is 0 Å². The Morgan fingerprint density at radius 3 is 1.43 bits per heavy atom. The van der Waals surface area contributed by atoms with Gasteiger partial charge in [0.05, 0.1) is 0 Å². The normalized spacial score (nSPS) is 5.14. The van der Waals surface area contributed by atoms with Crippen LogP contribution in [-0.4, -0.2) is 23.1 Å². The maximum atomic E-state index is 3.60. The van der Waals surface area contributed by atoms with Crippen LogP contribution >= 0.6 is 0 Å². The van der Waals surface area contributed by atoms with E-state index in [1.54, 1.807) is 6.92 Å². The maximum Gasteiger partial charge on any atom is 2.00 e. The summed E-state index contributed by atoms with van der Waals surface area (Å²) in [5.41, 5.74) is 0. The summed E-state index contributed by atoms with van der Waals surface area (Å²) in [5.74, 6) is 0. The Hall–Kier alpha value is 0.766. The predicted octanol–water partition coefficient (Wildman–Crippen LogP) is 2.08. The Kier molecular flexibility index (Phi) is 65.7. The molecule has 0 aliphatic heterocycles. The molecule has 0 spiro atoms. The van der Waals surface area contributed by atoms with Crippen LogP contribution in [0, 0.1) is 13.8 Å². The molecule has 0 aliphatic carbocycles. The van der Waals surface area contributed by atoms with Crippen LogP contribution in [0.2, 0.25) is 0 Å².